The molecule has 1 aliphatic heterocycles. The summed E-state index contributed by atoms with van der Waals surface area (Å²) in [6, 6.07) is 6.97. The van der Waals surface area contributed by atoms with Gasteiger partial charge in [0.1, 0.15) is 5.82 Å². The van der Waals surface area contributed by atoms with Gasteiger partial charge >= 0.3 is 5.97 Å². The lowest BCUT2D eigenvalue weighted by Crippen LogP contribution is -2.19. The van der Waals surface area contributed by atoms with Crippen LogP contribution in [0.1, 0.15) is 33.1 Å². The summed E-state index contributed by atoms with van der Waals surface area (Å²) in [7, 11) is 0. The van der Waals surface area contributed by atoms with E-state index in [1.54, 1.807) is 12.1 Å². The summed E-state index contributed by atoms with van der Waals surface area (Å²) in [6.07, 6.45) is 4.05. The van der Waals surface area contributed by atoms with Crippen molar-refractivity contribution >= 4 is 12.0 Å². The molecule has 102 valence electrons. The number of aromatic carboxylic acids is 1. The highest BCUT2D eigenvalue weighted by Crippen LogP contribution is 2.19. The van der Waals surface area contributed by atoms with Crippen molar-refractivity contribution in [3.63, 3.8) is 0 Å². The van der Waals surface area contributed by atoms with E-state index in [-0.39, 0.29) is 0 Å². The number of rotatable bonds is 3. The van der Waals surface area contributed by atoms with Crippen LogP contribution in [0.4, 0.5) is 0 Å². The molecule has 0 aliphatic carbocycles. The van der Waals surface area contributed by atoms with Crippen LogP contribution in [0, 0.1) is 6.92 Å². The molecule has 1 aromatic carbocycles. The fourth-order valence-corrected chi connectivity index (χ4v) is 2.34. The lowest BCUT2D eigenvalue weighted by Gasteiger charge is -2.22. The molecule has 0 atom stereocenters. The van der Waals surface area contributed by atoms with Gasteiger partial charge in [0.05, 0.1) is 23.5 Å². The van der Waals surface area contributed by atoms with Crippen molar-refractivity contribution in [1.29, 1.82) is 0 Å². The molecular formula is C15H15N3O2. The van der Waals surface area contributed by atoms with Crippen LogP contribution in [-0.4, -0.2) is 25.9 Å². The van der Waals surface area contributed by atoms with E-state index in [2.05, 4.69) is 14.9 Å². The van der Waals surface area contributed by atoms with Crippen molar-refractivity contribution in [2.24, 2.45) is 0 Å². The van der Waals surface area contributed by atoms with Crippen LogP contribution in [0.5, 0.6) is 0 Å². The van der Waals surface area contributed by atoms with Gasteiger partial charge in [-0.25, -0.2) is 9.78 Å². The predicted octanol–water partition coefficient (Wildman–Crippen LogP) is 2.40. The van der Waals surface area contributed by atoms with Crippen LogP contribution in [0.25, 0.3) is 6.08 Å². The van der Waals surface area contributed by atoms with Gasteiger partial charge in [-0.2, -0.15) is 0 Å². The zero-order chi connectivity index (χ0) is 14.1. The Morgan fingerprint density at radius 1 is 1.40 bits per heavy atom. The Bertz CT molecular complexity index is 671. The second-order valence-electron chi connectivity index (χ2n) is 4.91. The van der Waals surface area contributed by atoms with Gasteiger partial charge in [-0.15, -0.1) is 0 Å². The summed E-state index contributed by atoms with van der Waals surface area (Å²) >= 11 is 0. The van der Waals surface area contributed by atoms with Crippen molar-refractivity contribution in [2.45, 2.75) is 20.0 Å². The van der Waals surface area contributed by atoms with E-state index in [9.17, 15) is 4.79 Å². The number of nitrogens with zero attached hydrogens (tertiary/aromatic N) is 2. The summed E-state index contributed by atoms with van der Waals surface area (Å²) < 4.78 is 0. The summed E-state index contributed by atoms with van der Waals surface area (Å²) in [5, 5.41) is 8.88. The lowest BCUT2D eigenvalue weighted by molar-refractivity contribution is 0.0697. The van der Waals surface area contributed by atoms with E-state index in [4.69, 9.17) is 5.11 Å². The molecule has 2 aromatic rings. The third-order valence-electron chi connectivity index (χ3n) is 3.32. The number of H-pyrrole nitrogens is 1. The third kappa shape index (κ3) is 2.42. The molecule has 0 amide bonds. The number of imidazole rings is 1. The van der Waals surface area contributed by atoms with Crippen molar-refractivity contribution in [3.8, 4) is 0 Å². The van der Waals surface area contributed by atoms with Gasteiger partial charge < -0.3 is 15.0 Å². The SMILES string of the molecule is Cc1nc2c([nH]1)C=CN(Cc1ccc(C(=O)O)cc1)C2. The Morgan fingerprint density at radius 3 is 2.85 bits per heavy atom. The maximum Gasteiger partial charge on any atom is 0.335 e. The quantitative estimate of drug-likeness (QED) is 0.897. The first kappa shape index (κ1) is 12.5. The molecule has 1 aromatic heterocycles. The second-order valence-corrected chi connectivity index (χ2v) is 4.91. The molecule has 5 nitrogen and oxygen atoms in total. The molecule has 1 aliphatic rings. The van der Waals surface area contributed by atoms with Gasteiger partial charge in [-0.3, -0.25) is 0 Å². The predicted molar refractivity (Wildman–Crippen MR) is 75.0 cm³/mol. The van der Waals surface area contributed by atoms with Crippen molar-refractivity contribution in [1.82, 2.24) is 14.9 Å². The average Bonchev–Trinajstić information content (AvgIpc) is 2.78. The van der Waals surface area contributed by atoms with E-state index in [1.165, 1.54) is 0 Å². The van der Waals surface area contributed by atoms with Gasteiger partial charge in [-0.1, -0.05) is 12.1 Å². The molecule has 0 radical (unpaired) electrons. The summed E-state index contributed by atoms with van der Waals surface area (Å²) in [4.78, 5) is 20.6. The zero-order valence-corrected chi connectivity index (χ0v) is 11.1. The van der Waals surface area contributed by atoms with Gasteiger partial charge in [0, 0.05) is 12.7 Å². The Hall–Kier alpha value is -2.56. The maximum atomic E-state index is 10.8. The molecule has 2 heterocycles. The van der Waals surface area contributed by atoms with Crippen LogP contribution in [-0.2, 0) is 13.1 Å². The van der Waals surface area contributed by atoms with E-state index in [0.717, 1.165) is 35.9 Å². The van der Waals surface area contributed by atoms with Crippen molar-refractivity contribution in [2.75, 3.05) is 0 Å². The normalized spacial score (nSPS) is 13.3. The minimum absolute atomic E-state index is 0.313. The molecule has 20 heavy (non-hydrogen) atoms. The number of carboxylic acid groups (broad SMARTS) is 1. The topological polar surface area (TPSA) is 69.2 Å². The third-order valence-corrected chi connectivity index (χ3v) is 3.32. The van der Waals surface area contributed by atoms with E-state index in [0.29, 0.717) is 5.56 Å². The Balaban J connectivity index is 1.71. The molecule has 5 heteroatoms. The average molecular weight is 269 g/mol. The molecule has 0 bridgehead atoms. The Kier molecular flexibility index (Phi) is 3.02. The van der Waals surface area contributed by atoms with Crippen molar-refractivity contribution in [3.05, 3.63) is 58.8 Å². The smallest absolute Gasteiger partial charge is 0.335 e. The molecular weight excluding hydrogens is 254 g/mol. The van der Waals surface area contributed by atoms with E-state index < -0.39 is 5.97 Å². The summed E-state index contributed by atoms with van der Waals surface area (Å²) in [5.41, 5.74) is 3.51. The van der Waals surface area contributed by atoms with E-state index in [1.807, 2.05) is 31.3 Å². The first-order valence-electron chi connectivity index (χ1n) is 6.42. The minimum Gasteiger partial charge on any atom is -0.478 e. The number of hydrogen-bond acceptors (Lipinski definition) is 3. The lowest BCUT2D eigenvalue weighted by atomic mass is 10.1. The maximum absolute atomic E-state index is 10.8. The summed E-state index contributed by atoms with van der Waals surface area (Å²) in [5.74, 6) is 0.0263. The van der Waals surface area contributed by atoms with Gasteiger partial charge in [-0.05, 0) is 30.7 Å². The highest BCUT2D eigenvalue weighted by atomic mass is 16.4. The van der Waals surface area contributed by atoms with Crippen LogP contribution in [0.2, 0.25) is 0 Å². The van der Waals surface area contributed by atoms with Gasteiger partial charge in [0.25, 0.3) is 0 Å². The number of carbonyl (C=O) groups is 1. The fraction of sp³-hybridized carbons (Fsp3) is 0.200. The Labute approximate surface area is 116 Å². The molecule has 0 spiro atoms. The number of aromatic amines is 1. The molecule has 0 fully saturated rings. The number of hydrogen-bond donors (Lipinski definition) is 2. The molecule has 0 saturated heterocycles. The monoisotopic (exact) mass is 269 g/mol. The summed E-state index contributed by atoms with van der Waals surface area (Å²) in [6.45, 7) is 3.44. The number of fused-ring (bicyclic) bond motifs is 1. The zero-order valence-electron chi connectivity index (χ0n) is 11.1. The minimum atomic E-state index is -0.897. The van der Waals surface area contributed by atoms with Gasteiger partial charge in [0.2, 0.25) is 0 Å². The number of benzene rings is 1. The second kappa shape index (κ2) is 4.85. The first-order chi connectivity index (χ1) is 9.61. The van der Waals surface area contributed by atoms with Crippen molar-refractivity contribution < 1.29 is 9.90 Å². The number of aryl methyl sites for hydroxylation is 1. The largest absolute Gasteiger partial charge is 0.478 e. The van der Waals surface area contributed by atoms with Crippen LogP contribution in [0.15, 0.2) is 30.5 Å². The molecule has 0 saturated carbocycles. The first-order valence-corrected chi connectivity index (χ1v) is 6.42. The number of nitrogens with one attached hydrogen (secondary N) is 1. The van der Waals surface area contributed by atoms with Crippen LogP contribution in [0.3, 0.4) is 0 Å². The Morgan fingerprint density at radius 2 is 2.15 bits per heavy atom. The van der Waals surface area contributed by atoms with Crippen LogP contribution >= 0.6 is 0 Å². The number of aromatic nitrogens is 2. The number of carboxylic acids is 1. The van der Waals surface area contributed by atoms with E-state index >= 15 is 0 Å². The highest BCUT2D eigenvalue weighted by molar-refractivity contribution is 5.87. The molecule has 3 rings (SSSR count). The highest BCUT2D eigenvalue weighted by Gasteiger charge is 2.14. The van der Waals surface area contributed by atoms with Gasteiger partial charge in [0.15, 0.2) is 0 Å². The molecule has 2 N–H and O–H groups in total. The fourth-order valence-electron chi connectivity index (χ4n) is 2.34. The van der Waals surface area contributed by atoms with Crippen LogP contribution < -0.4 is 0 Å². The standard InChI is InChI=1S/C15H15N3O2/c1-10-16-13-6-7-18(9-14(13)17-10)8-11-2-4-12(5-3-11)15(19)20/h2-7H,8-9H2,1H3,(H,16,17)(H,19,20). The molecule has 0 unspecified atom stereocenters.